The van der Waals surface area contributed by atoms with Crippen LogP contribution >= 0.6 is 0 Å². The van der Waals surface area contributed by atoms with E-state index in [0.29, 0.717) is 29.8 Å². The van der Waals surface area contributed by atoms with E-state index in [0.717, 1.165) is 23.8 Å². The lowest BCUT2D eigenvalue weighted by atomic mass is 9.94. The van der Waals surface area contributed by atoms with Gasteiger partial charge in [0.2, 0.25) is 5.88 Å². The minimum Gasteiger partial charge on any atom is -0.481 e. The molecule has 228 valence electrons. The summed E-state index contributed by atoms with van der Waals surface area (Å²) in [6, 6.07) is 7.79. The molecule has 3 aromatic rings. The van der Waals surface area contributed by atoms with Crippen LogP contribution in [0, 0.1) is 11.6 Å². The van der Waals surface area contributed by atoms with Gasteiger partial charge in [0.1, 0.15) is 17.2 Å². The summed E-state index contributed by atoms with van der Waals surface area (Å²) in [6.45, 7) is 5.13. The van der Waals surface area contributed by atoms with Crippen LogP contribution in [0.15, 0.2) is 54.7 Å². The molecule has 3 heterocycles. The van der Waals surface area contributed by atoms with Crippen molar-refractivity contribution in [3.63, 3.8) is 0 Å². The summed E-state index contributed by atoms with van der Waals surface area (Å²) in [5.74, 6) is -1.85. The summed E-state index contributed by atoms with van der Waals surface area (Å²) < 4.78 is 44.9. The number of rotatable bonds is 9. The van der Waals surface area contributed by atoms with E-state index in [4.69, 9.17) is 14.2 Å². The summed E-state index contributed by atoms with van der Waals surface area (Å²) in [5, 5.41) is 9.68. The summed E-state index contributed by atoms with van der Waals surface area (Å²) in [7, 11) is 1.53. The second-order valence-electron chi connectivity index (χ2n) is 11.1. The Labute approximate surface area is 248 Å². The van der Waals surface area contributed by atoms with Crippen LogP contribution in [0.3, 0.4) is 0 Å². The molecule has 43 heavy (non-hydrogen) atoms. The first-order valence-corrected chi connectivity index (χ1v) is 13.9. The highest BCUT2D eigenvalue weighted by molar-refractivity contribution is 5.84. The number of pyridine rings is 2. The Morgan fingerprint density at radius 3 is 2.63 bits per heavy atom. The van der Waals surface area contributed by atoms with Crippen LogP contribution in [-0.4, -0.2) is 69.5 Å². The largest absolute Gasteiger partial charge is 0.481 e. The molecule has 1 fully saturated rings. The number of hydrogen-bond donors (Lipinski definition) is 1. The van der Waals surface area contributed by atoms with Gasteiger partial charge < -0.3 is 19.3 Å². The molecule has 0 bridgehead atoms. The van der Waals surface area contributed by atoms with Crippen LogP contribution in [0.1, 0.15) is 51.2 Å². The third-order valence-electron chi connectivity index (χ3n) is 6.78. The van der Waals surface area contributed by atoms with Gasteiger partial charge in [0, 0.05) is 29.9 Å². The van der Waals surface area contributed by atoms with E-state index in [1.54, 1.807) is 33.0 Å². The van der Waals surface area contributed by atoms with Crippen molar-refractivity contribution in [2.45, 2.75) is 63.9 Å². The first kappa shape index (κ1) is 31.6. The number of benzene rings is 1. The minimum atomic E-state index is -1.09. The molecule has 0 saturated carbocycles. The summed E-state index contributed by atoms with van der Waals surface area (Å²) in [6.07, 6.45) is 6.82. The highest BCUT2D eigenvalue weighted by Gasteiger charge is 2.39. The predicted molar refractivity (Wildman–Crippen MR) is 157 cm³/mol. The lowest BCUT2D eigenvalue weighted by Gasteiger charge is -2.41. The molecule has 4 rings (SSSR count). The Kier molecular flexibility index (Phi) is 10.1. The zero-order chi connectivity index (χ0) is 31.1. The van der Waals surface area contributed by atoms with Gasteiger partial charge in [-0.15, -0.1) is 0 Å². The lowest BCUT2D eigenvalue weighted by Crippen LogP contribution is -2.53. The average molecular weight is 596 g/mol. The van der Waals surface area contributed by atoms with Crippen molar-refractivity contribution in [3.8, 4) is 5.88 Å². The molecule has 1 aliphatic rings. The van der Waals surface area contributed by atoms with Crippen molar-refractivity contribution in [2.24, 2.45) is 0 Å². The Bertz CT molecular complexity index is 1520. The molecule has 1 N–H and O–H groups in total. The molecule has 2 aromatic heterocycles. The molecular weight excluding hydrogens is 560 g/mol. The molecular formula is C32H35F2N3O6. The van der Waals surface area contributed by atoms with Crippen LogP contribution in [0.2, 0.25) is 0 Å². The Morgan fingerprint density at radius 2 is 1.91 bits per heavy atom. The maximum Gasteiger partial charge on any atom is 0.410 e. The maximum atomic E-state index is 14.2. The normalized spacial score (nSPS) is 19.2. The number of carbonyl (C=O) groups excluding carboxylic acids is 1. The van der Waals surface area contributed by atoms with Gasteiger partial charge in [-0.1, -0.05) is 24.3 Å². The van der Waals surface area contributed by atoms with Gasteiger partial charge >= 0.3 is 12.1 Å². The second-order valence-corrected chi connectivity index (χ2v) is 11.1. The Morgan fingerprint density at radius 1 is 1.12 bits per heavy atom. The smallest absolute Gasteiger partial charge is 0.410 e. The highest BCUT2D eigenvalue weighted by Crippen LogP contribution is 2.29. The summed E-state index contributed by atoms with van der Waals surface area (Å²) in [5.41, 5.74) is 1.32. The number of methoxy groups -OCH3 is 1. The van der Waals surface area contributed by atoms with E-state index >= 15 is 0 Å². The number of carboxylic acid groups (broad SMARTS) is 1. The number of halogens is 2. The number of fused-ring (bicyclic) bond motifs is 1. The molecule has 3 atom stereocenters. The zero-order valence-corrected chi connectivity index (χ0v) is 24.5. The van der Waals surface area contributed by atoms with E-state index in [9.17, 15) is 23.5 Å². The SMILES string of the molecule is COc1ccc2nccc(C=C[C@@H]3CC[C@@H](N(CC=Cc4cc(F)ccc4F)C(=O)OC(C)(C)C)[C@@H](CC(=O)O)O3)c2n1. The summed E-state index contributed by atoms with van der Waals surface area (Å²) in [4.78, 5) is 35.4. The van der Waals surface area contributed by atoms with Gasteiger partial charge in [0.25, 0.3) is 0 Å². The third kappa shape index (κ3) is 8.57. The molecule has 1 aliphatic heterocycles. The number of aromatic nitrogens is 2. The minimum absolute atomic E-state index is 0.0204. The number of aliphatic carboxylic acids is 1. The van der Waals surface area contributed by atoms with Crippen LogP contribution < -0.4 is 4.74 Å². The van der Waals surface area contributed by atoms with E-state index < -0.39 is 47.5 Å². The molecule has 1 aromatic carbocycles. The van der Waals surface area contributed by atoms with Crippen molar-refractivity contribution in [1.29, 1.82) is 0 Å². The third-order valence-corrected chi connectivity index (χ3v) is 6.78. The number of carboxylic acids is 1. The van der Waals surface area contributed by atoms with Gasteiger partial charge in [-0.3, -0.25) is 14.7 Å². The van der Waals surface area contributed by atoms with Gasteiger partial charge in [-0.2, -0.15) is 0 Å². The van der Waals surface area contributed by atoms with E-state index in [1.165, 1.54) is 24.2 Å². The standard InChI is InChI=1S/C32H35F2N3O6/c1-32(2,3)43-31(40)37(17-5-6-21-18-22(33)8-11-24(21)34)26-13-10-23(42-27(26)19-29(38)39)9-7-20-15-16-35-25-12-14-28(41-4)36-30(20)25/h5-9,11-12,14-16,18,23,26-27H,10,13,17,19H2,1-4H3,(H,38,39)/t23-,26-,27-/m1/s1. The first-order valence-electron chi connectivity index (χ1n) is 13.9. The van der Waals surface area contributed by atoms with Crippen molar-refractivity contribution in [1.82, 2.24) is 14.9 Å². The molecule has 0 spiro atoms. The quantitative estimate of drug-likeness (QED) is 0.308. The second kappa shape index (κ2) is 13.7. The van der Waals surface area contributed by atoms with E-state index in [2.05, 4.69) is 9.97 Å². The molecule has 0 radical (unpaired) electrons. The molecule has 11 heteroatoms. The van der Waals surface area contributed by atoms with E-state index in [-0.39, 0.29) is 18.5 Å². The maximum absolute atomic E-state index is 14.2. The van der Waals surface area contributed by atoms with Crippen LogP contribution in [0.5, 0.6) is 5.88 Å². The fraction of sp³-hybridized carbons (Fsp3) is 0.375. The Hall–Kier alpha value is -4.38. The number of nitrogens with zero attached hydrogens (tertiary/aromatic N) is 3. The molecule has 1 saturated heterocycles. The van der Waals surface area contributed by atoms with Crippen LogP contribution in [0.4, 0.5) is 13.6 Å². The van der Waals surface area contributed by atoms with E-state index in [1.807, 2.05) is 24.3 Å². The van der Waals surface area contributed by atoms with Crippen molar-refractivity contribution >= 4 is 35.2 Å². The van der Waals surface area contributed by atoms with Gasteiger partial charge in [-0.25, -0.2) is 18.6 Å². The van der Waals surface area contributed by atoms with Crippen LogP contribution in [0.25, 0.3) is 23.2 Å². The Balaban J connectivity index is 1.57. The lowest BCUT2D eigenvalue weighted by molar-refractivity contribution is -0.145. The molecule has 9 nitrogen and oxygen atoms in total. The monoisotopic (exact) mass is 595 g/mol. The van der Waals surface area contributed by atoms with Crippen molar-refractivity contribution in [3.05, 3.63) is 77.5 Å². The van der Waals surface area contributed by atoms with Gasteiger partial charge in [0.05, 0.1) is 42.8 Å². The fourth-order valence-corrected chi connectivity index (χ4v) is 4.85. The number of hydrogen-bond acceptors (Lipinski definition) is 7. The first-order chi connectivity index (χ1) is 20.4. The van der Waals surface area contributed by atoms with Gasteiger partial charge in [-0.05, 0) is 63.9 Å². The molecule has 1 amide bonds. The average Bonchev–Trinajstić information content (AvgIpc) is 2.94. The molecule has 0 aliphatic carbocycles. The zero-order valence-electron chi connectivity index (χ0n) is 24.5. The van der Waals surface area contributed by atoms with Crippen LogP contribution in [-0.2, 0) is 14.3 Å². The highest BCUT2D eigenvalue weighted by atomic mass is 19.1. The number of carbonyl (C=O) groups is 2. The van der Waals surface area contributed by atoms with Crippen molar-refractivity contribution in [2.75, 3.05) is 13.7 Å². The predicted octanol–water partition coefficient (Wildman–Crippen LogP) is 6.27. The number of amides is 1. The topological polar surface area (TPSA) is 111 Å². The van der Waals surface area contributed by atoms with Crippen molar-refractivity contribution < 1.29 is 37.7 Å². The number of ether oxygens (including phenoxy) is 3. The fourth-order valence-electron chi connectivity index (χ4n) is 4.85. The summed E-state index contributed by atoms with van der Waals surface area (Å²) >= 11 is 0. The van der Waals surface area contributed by atoms with Gasteiger partial charge in [0.15, 0.2) is 0 Å². The molecule has 0 unspecified atom stereocenters.